The lowest BCUT2D eigenvalue weighted by Gasteiger charge is -2.17. The zero-order valence-electron chi connectivity index (χ0n) is 10.3. The van der Waals surface area contributed by atoms with Crippen LogP contribution in [0.1, 0.15) is 25.2 Å². The molecule has 0 aliphatic carbocycles. The van der Waals surface area contributed by atoms with Crippen LogP contribution in [0.15, 0.2) is 6.20 Å². The van der Waals surface area contributed by atoms with E-state index in [1.54, 1.807) is 0 Å². The lowest BCUT2D eigenvalue weighted by Crippen LogP contribution is -2.32. The van der Waals surface area contributed by atoms with Crippen LogP contribution in [0.25, 0.3) is 0 Å². The van der Waals surface area contributed by atoms with E-state index in [9.17, 15) is 5.11 Å². The van der Waals surface area contributed by atoms with Gasteiger partial charge in [0.25, 0.3) is 0 Å². The van der Waals surface area contributed by atoms with E-state index >= 15 is 0 Å². The summed E-state index contributed by atoms with van der Waals surface area (Å²) in [6, 6.07) is -0.0818. The quantitative estimate of drug-likeness (QED) is 0.809. The third-order valence-corrected chi connectivity index (χ3v) is 2.97. The van der Waals surface area contributed by atoms with Crippen LogP contribution in [0.3, 0.4) is 0 Å². The van der Waals surface area contributed by atoms with Crippen LogP contribution in [0.5, 0.6) is 0 Å². The molecule has 0 bridgehead atoms. The summed E-state index contributed by atoms with van der Waals surface area (Å²) in [6.07, 6.45) is 3.02. The van der Waals surface area contributed by atoms with Crippen LogP contribution in [0, 0.1) is 0 Å². The van der Waals surface area contributed by atoms with Crippen LogP contribution < -0.4 is 5.32 Å². The maximum atomic E-state index is 9.70. The highest BCUT2D eigenvalue weighted by atomic mass is 16.5. The zero-order valence-corrected chi connectivity index (χ0v) is 10.3. The lowest BCUT2D eigenvalue weighted by atomic mass is 10.2. The van der Waals surface area contributed by atoms with Crippen LogP contribution in [0.2, 0.25) is 0 Å². The highest BCUT2D eigenvalue weighted by Crippen LogP contribution is 2.16. The molecule has 0 unspecified atom stereocenters. The van der Waals surface area contributed by atoms with Crippen LogP contribution in [0.4, 0.5) is 5.82 Å². The van der Waals surface area contributed by atoms with Crippen molar-refractivity contribution in [3.63, 3.8) is 0 Å². The number of aliphatic hydroxyl groups is 1. The Morgan fingerprint density at radius 1 is 1.41 bits per heavy atom. The standard InChI is InChI=1S/C12H19N3O2/c1-3-8-5-13-9(4-2)12(14-8)15-10-6-17-7-11(10)16/h5,10-11,16H,3-4,6-7H2,1-2H3,(H,14,15)/t10-,11+/m0/s1. The minimum Gasteiger partial charge on any atom is -0.388 e. The van der Waals surface area contributed by atoms with E-state index in [1.807, 2.05) is 20.0 Å². The van der Waals surface area contributed by atoms with Crippen molar-refractivity contribution < 1.29 is 9.84 Å². The van der Waals surface area contributed by atoms with Gasteiger partial charge in [-0.15, -0.1) is 0 Å². The van der Waals surface area contributed by atoms with E-state index in [0.29, 0.717) is 13.2 Å². The molecule has 1 fully saturated rings. The molecule has 94 valence electrons. The Hall–Kier alpha value is -1.20. The summed E-state index contributed by atoms with van der Waals surface area (Å²) in [6.45, 7) is 5.00. The number of aliphatic hydroxyl groups excluding tert-OH is 1. The second kappa shape index (κ2) is 5.42. The molecule has 2 atom stereocenters. The number of nitrogens with one attached hydrogen (secondary N) is 1. The van der Waals surface area contributed by atoms with Gasteiger partial charge in [0.2, 0.25) is 0 Å². The van der Waals surface area contributed by atoms with E-state index in [0.717, 1.165) is 30.0 Å². The van der Waals surface area contributed by atoms with Crippen molar-refractivity contribution in [2.24, 2.45) is 0 Å². The molecule has 0 amide bonds. The number of hydrogen-bond acceptors (Lipinski definition) is 5. The first-order chi connectivity index (χ1) is 8.24. The normalized spacial score (nSPS) is 23.9. The molecular formula is C12H19N3O2. The number of aryl methyl sites for hydroxylation is 2. The third kappa shape index (κ3) is 2.73. The molecule has 1 saturated heterocycles. The molecule has 1 aromatic heterocycles. The van der Waals surface area contributed by atoms with Crippen molar-refractivity contribution in [2.45, 2.75) is 38.8 Å². The number of aromatic nitrogens is 2. The third-order valence-electron chi connectivity index (χ3n) is 2.97. The Morgan fingerprint density at radius 2 is 2.24 bits per heavy atom. The van der Waals surface area contributed by atoms with Crippen LogP contribution in [-0.2, 0) is 17.6 Å². The van der Waals surface area contributed by atoms with Gasteiger partial charge in [-0.25, -0.2) is 4.98 Å². The van der Waals surface area contributed by atoms with Gasteiger partial charge in [0.1, 0.15) is 5.82 Å². The van der Waals surface area contributed by atoms with Gasteiger partial charge < -0.3 is 15.2 Å². The fourth-order valence-corrected chi connectivity index (χ4v) is 1.85. The predicted octanol–water partition coefficient (Wildman–Crippen LogP) is 0.773. The summed E-state index contributed by atoms with van der Waals surface area (Å²) in [4.78, 5) is 8.91. The van der Waals surface area contributed by atoms with Gasteiger partial charge >= 0.3 is 0 Å². The van der Waals surface area contributed by atoms with Crippen LogP contribution >= 0.6 is 0 Å². The minimum absolute atomic E-state index is 0.0818. The molecule has 0 spiro atoms. The summed E-state index contributed by atoms with van der Waals surface area (Å²) in [5.74, 6) is 0.779. The number of nitrogens with zero attached hydrogens (tertiary/aromatic N) is 2. The van der Waals surface area contributed by atoms with Gasteiger partial charge in [0.15, 0.2) is 0 Å². The fraction of sp³-hybridized carbons (Fsp3) is 0.667. The van der Waals surface area contributed by atoms with Gasteiger partial charge in [-0.2, -0.15) is 0 Å². The summed E-state index contributed by atoms with van der Waals surface area (Å²) in [5.41, 5.74) is 1.89. The van der Waals surface area contributed by atoms with E-state index in [-0.39, 0.29) is 6.04 Å². The van der Waals surface area contributed by atoms with Crippen molar-refractivity contribution in [2.75, 3.05) is 18.5 Å². The second-order valence-corrected chi connectivity index (χ2v) is 4.22. The van der Waals surface area contributed by atoms with E-state index in [2.05, 4.69) is 15.3 Å². The average molecular weight is 237 g/mol. The van der Waals surface area contributed by atoms with Crippen molar-refractivity contribution in [3.8, 4) is 0 Å². The first-order valence-electron chi connectivity index (χ1n) is 6.11. The molecule has 1 aliphatic rings. The lowest BCUT2D eigenvalue weighted by molar-refractivity contribution is 0.125. The molecular weight excluding hydrogens is 218 g/mol. The monoisotopic (exact) mass is 237 g/mol. The summed E-state index contributed by atoms with van der Waals surface area (Å²) in [7, 11) is 0. The zero-order chi connectivity index (χ0) is 12.3. The van der Waals surface area contributed by atoms with Crippen molar-refractivity contribution in [1.82, 2.24) is 9.97 Å². The number of ether oxygens (including phenoxy) is 1. The molecule has 2 rings (SSSR count). The molecule has 17 heavy (non-hydrogen) atoms. The predicted molar refractivity (Wildman–Crippen MR) is 65.0 cm³/mol. The van der Waals surface area contributed by atoms with Crippen LogP contribution in [-0.4, -0.2) is 40.4 Å². The van der Waals surface area contributed by atoms with Crippen molar-refractivity contribution in [3.05, 3.63) is 17.6 Å². The number of hydrogen-bond donors (Lipinski definition) is 2. The molecule has 2 N–H and O–H groups in total. The fourth-order valence-electron chi connectivity index (χ4n) is 1.85. The molecule has 0 radical (unpaired) electrons. The molecule has 5 heteroatoms. The first kappa shape index (κ1) is 12.3. The largest absolute Gasteiger partial charge is 0.388 e. The summed E-state index contributed by atoms with van der Waals surface area (Å²) >= 11 is 0. The molecule has 5 nitrogen and oxygen atoms in total. The molecule has 0 saturated carbocycles. The Morgan fingerprint density at radius 3 is 2.82 bits per heavy atom. The second-order valence-electron chi connectivity index (χ2n) is 4.22. The maximum absolute atomic E-state index is 9.70. The Kier molecular flexibility index (Phi) is 3.91. The minimum atomic E-state index is -0.466. The van der Waals surface area contributed by atoms with E-state index in [4.69, 9.17) is 4.74 Å². The molecule has 0 aromatic carbocycles. The first-order valence-corrected chi connectivity index (χ1v) is 6.11. The Bertz CT molecular complexity index is 384. The van der Waals surface area contributed by atoms with Gasteiger partial charge in [-0.3, -0.25) is 4.98 Å². The number of anilines is 1. The summed E-state index contributed by atoms with van der Waals surface area (Å²) < 4.78 is 5.21. The highest BCUT2D eigenvalue weighted by molar-refractivity contribution is 5.42. The van der Waals surface area contributed by atoms with Gasteiger partial charge in [-0.05, 0) is 12.8 Å². The maximum Gasteiger partial charge on any atom is 0.148 e. The van der Waals surface area contributed by atoms with Crippen molar-refractivity contribution >= 4 is 5.82 Å². The smallest absolute Gasteiger partial charge is 0.148 e. The van der Waals surface area contributed by atoms with Gasteiger partial charge in [0, 0.05) is 6.20 Å². The number of rotatable bonds is 4. The van der Waals surface area contributed by atoms with Crippen molar-refractivity contribution in [1.29, 1.82) is 0 Å². The molecule has 1 aliphatic heterocycles. The molecule has 2 heterocycles. The highest BCUT2D eigenvalue weighted by Gasteiger charge is 2.27. The average Bonchev–Trinajstić information content (AvgIpc) is 2.75. The Labute approximate surface area is 101 Å². The molecule has 1 aromatic rings. The summed E-state index contributed by atoms with van der Waals surface area (Å²) in [5, 5.41) is 12.9. The van der Waals surface area contributed by atoms with E-state index < -0.39 is 6.10 Å². The van der Waals surface area contributed by atoms with E-state index in [1.165, 1.54) is 0 Å². The Balaban J connectivity index is 2.17. The SMILES string of the molecule is CCc1cnc(CC)c(N[C@H]2COC[C@H]2O)n1. The van der Waals surface area contributed by atoms with Gasteiger partial charge in [-0.1, -0.05) is 13.8 Å². The van der Waals surface area contributed by atoms with Gasteiger partial charge in [0.05, 0.1) is 36.7 Å². The topological polar surface area (TPSA) is 67.3 Å².